The van der Waals surface area contributed by atoms with Crippen molar-refractivity contribution in [2.75, 3.05) is 26.2 Å². The Hall–Kier alpha value is -1.50. The summed E-state index contributed by atoms with van der Waals surface area (Å²) in [6.07, 6.45) is 3.04. The summed E-state index contributed by atoms with van der Waals surface area (Å²) in [5.41, 5.74) is 2.21. The molecule has 29 heavy (non-hydrogen) atoms. The van der Waals surface area contributed by atoms with Gasteiger partial charge in [0.25, 0.3) is 0 Å². The van der Waals surface area contributed by atoms with Gasteiger partial charge in [0, 0.05) is 17.6 Å². The van der Waals surface area contributed by atoms with Gasteiger partial charge in [-0.1, -0.05) is 25.4 Å². The van der Waals surface area contributed by atoms with Gasteiger partial charge in [-0.3, -0.25) is 4.90 Å². The molecule has 1 atom stereocenters. The van der Waals surface area contributed by atoms with E-state index in [1.54, 1.807) is 12.1 Å². The predicted molar refractivity (Wildman–Crippen MR) is 121 cm³/mol. The Kier molecular flexibility index (Phi) is 12.7. The van der Waals surface area contributed by atoms with Gasteiger partial charge < -0.3 is 14.7 Å². The highest BCUT2D eigenvalue weighted by Gasteiger charge is 2.15. The minimum absolute atomic E-state index is 0. The molecule has 2 N–H and O–H groups in total. The second kappa shape index (κ2) is 14.5. The molecule has 0 aliphatic heterocycles. The molecule has 2 aromatic carbocycles. The van der Waals surface area contributed by atoms with Gasteiger partial charge in [-0.15, -0.1) is 12.4 Å². The van der Waals surface area contributed by atoms with Crippen molar-refractivity contribution >= 4 is 24.0 Å². The van der Waals surface area contributed by atoms with Crippen molar-refractivity contribution in [2.45, 2.75) is 39.2 Å². The lowest BCUT2D eigenvalue weighted by Crippen LogP contribution is -2.39. The largest absolute Gasteiger partial charge is 0.492 e. The lowest BCUT2D eigenvalue weighted by molar-refractivity contribution is 0.129. The molecule has 0 saturated heterocycles. The van der Waals surface area contributed by atoms with Crippen molar-refractivity contribution in [3.8, 4) is 17.2 Å². The zero-order valence-electron chi connectivity index (χ0n) is 17.1. The third-order valence-corrected chi connectivity index (χ3v) is 4.95. The number of nitrogens with one attached hydrogen (secondary N) is 1. The lowest BCUT2D eigenvalue weighted by atomic mass is 10.1. The van der Waals surface area contributed by atoms with E-state index in [4.69, 9.17) is 26.3 Å². The number of ether oxygens (including phenoxy) is 2. The van der Waals surface area contributed by atoms with E-state index in [0.717, 1.165) is 49.6 Å². The number of hydroxylamine groups is 1. The highest BCUT2D eigenvalue weighted by Crippen LogP contribution is 2.25. The number of likely N-dealkylation sites (N-methyl/N-ethyl adjacent to an activating group) is 1. The summed E-state index contributed by atoms with van der Waals surface area (Å²) in [4.78, 5) is 2.44. The maximum absolute atomic E-state index is 8.67. The monoisotopic (exact) mass is 442 g/mol. The zero-order valence-corrected chi connectivity index (χ0v) is 18.7. The smallest absolute Gasteiger partial charge is 0.127 e. The van der Waals surface area contributed by atoms with Crippen LogP contribution >= 0.6 is 24.0 Å². The fourth-order valence-electron chi connectivity index (χ4n) is 3.03. The predicted octanol–water partition coefficient (Wildman–Crippen LogP) is 5.79. The molecule has 5 nitrogen and oxygen atoms in total. The van der Waals surface area contributed by atoms with Crippen molar-refractivity contribution in [3.05, 3.63) is 53.6 Å². The van der Waals surface area contributed by atoms with Crippen LogP contribution in [-0.4, -0.2) is 42.4 Å². The van der Waals surface area contributed by atoms with Gasteiger partial charge in [-0.05, 0) is 80.9 Å². The highest BCUT2D eigenvalue weighted by atomic mass is 35.5. The van der Waals surface area contributed by atoms with Crippen LogP contribution in [0, 0.1) is 0 Å². The molecule has 0 aromatic heterocycles. The molecule has 0 aliphatic carbocycles. The number of hydrogen-bond donors (Lipinski definition) is 2. The minimum atomic E-state index is 0. The zero-order chi connectivity index (χ0) is 20.2. The molecular weight excluding hydrogens is 411 g/mol. The summed E-state index contributed by atoms with van der Waals surface area (Å²) in [6.45, 7) is 7.65. The standard InChI is InChI=1S/C22H31ClN2O3.ClH/c1-3-19(25(4-2)16-6-5-15-24-26)17-27-20-11-13-22(14-12-20)28-21-9-7-18(23)8-10-21;/h7-14,19,24,26H,3-6,15-17H2,1-2H3;1H/t19-;/m0./s1. The average molecular weight is 443 g/mol. The van der Waals surface area contributed by atoms with Crippen molar-refractivity contribution in [2.24, 2.45) is 0 Å². The topological polar surface area (TPSA) is 54.0 Å². The highest BCUT2D eigenvalue weighted by molar-refractivity contribution is 6.30. The van der Waals surface area contributed by atoms with Crippen molar-refractivity contribution in [3.63, 3.8) is 0 Å². The Labute approximate surface area is 185 Å². The molecular formula is C22H32Cl2N2O3. The fraction of sp³-hybridized carbons (Fsp3) is 0.455. The van der Waals surface area contributed by atoms with Crippen LogP contribution in [0.25, 0.3) is 0 Å². The first-order chi connectivity index (χ1) is 13.7. The van der Waals surface area contributed by atoms with Crippen LogP contribution < -0.4 is 15.0 Å². The Bertz CT molecular complexity index is 669. The normalized spacial score (nSPS) is 11.8. The van der Waals surface area contributed by atoms with Crippen LogP contribution in [0.15, 0.2) is 48.5 Å². The van der Waals surface area contributed by atoms with E-state index in [1.807, 2.05) is 36.4 Å². The van der Waals surface area contributed by atoms with Crippen LogP contribution in [0.2, 0.25) is 5.02 Å². The Morgan fingerprint density at radius 2 is 1.55 bits per heavy atom. The average Bonchev–Trinajstić information content (AvgIpc) is 2.72. The summed E-state index contributed by atoms with van der Waals surface area (Å²) in [7, 11) is 0. The molecule has 0 saturated carbocycles. The van der Waals surface area contributed by atoms with E-state index in [1.165, 1.54) is 0 Å². The summed E-state index contributed by atoms with van der Waals surface area (Å²) < 4.78 is 11.8. The fourth-order valence-corrected chi connectivity index (χ4v) is 3.16. The lowest BCUT2D eigenvalue weighted by Gasteiger charge is -2.30. The van der Waals surface area contributed by atoms with E-state index < -0.39 is 0 Å². The van der Waals surface area contributed by atoms with E-state index in [-0.39, 0.29) is 12.4 Å². The van der Waals surface area contributed by atoms with Gasteiger partial charge in [-0.25, -0.2) is 5.48 Å². The Morgan fingerprint density at radius 1 is 0.966 bits per heavy atom. The molecule has 0 amide bonds. The number of unbranched alkanes of at least 4 members (excludes halogenated alkanes) is 1. The van der Waals surface area contributed by atoms with E-state index in [2.05, 4.69) is 24.2 Å². The Balaban J connectivity index is 0.00000420. The molecule has 0 unspecified atom stereocenters. The number of halogens is 2. The minimum Gasteiger partial charge on any atom is -0.492 e. The summed E-state index contributed by atoms with van der Waals surface area (Å²) >= 11 is 5.89. The molecule has 0 radical (unpaired) electrons. The van der Waals surface area contributed by atoms with Crippen molar-refractivity contribution in [1.82, 2.24) is 10.4 Å². The number of nitrogens with zero attached hydrogens (tertiary/aromatic N) is 1. The van der Waals surface area contributed by atoms with Crippen LogP contribution in [0.5, 0.6) is 17.2 Å². The van der Waals surface area contributed by atoms with E-state index in [9.17, 15) is 0 Å². The van der Waals surface area contributed by atoms with Gasteiger partial charge in [0.15, 0.2) is 0 Å². The molecule has 7 heteroatoms. The first kappa shape index (κ1) is 25.5. The first-order valence-corrected chi connectivity index (χ1v) is 10.3. The number of benzene rings is 2. The molecule has 0 spiro atoms. The van der Waals surface area contributed by atoms with Gasteiger partial charge in [0.1, 0.15) is 23.9 Å². The van der Waals surface area contributed by atoms with Crippen LogP contribution in [0.4, 0.5) is 0 Å². The second-order valence-electron chi connectivity index (χ2n) is 6.64. The molecule has 162 valence electrons. The third-order valence-electron chi connectivity index (χ3n) is 4.69. The van der Waals surface area contributed by atoms with Crippen LogP contribution in [0.3, 0.4) is 0 Å². The molecule has 0 aliphatic rings. The number of hydrogen-bond acceptors (Lipinski definition) is 5. The molecule has 2 aromatic rings. The van der Waals surface area contributed by atoms with Crippen molar-refractivity contribution in [1.29, 1.82) is 0 Å². The molecule has 2 rings (SSSR count). The maximum Gasteiger partial charge on any atom is 0.127 e. The van der Waals surface area contributed by atoms with Crippen molar-refractivity contribution < 1.29 is 14.7 Å². The second-order valence-corrected chi connectivity index (χ2v) is 7.08. The number of rotatable bonds is 13. The summed E-state index contributed by atoms with van der Waals surface area (Å²) in [5, 5.41) is 9.36. The maximum atomic E-state index is 8.67. The van der Waals surface area contributed by atoms with Crippen LogP contribution in [-0.2, 0) is 0 Å². The van der Waals surface area contributed by atoms with Crippen LogP contribution in [0.1, 0.15) is 33.1 Å². The molecule has 0 fully saturated rings. The van der Waals surface area contributed by atoms with E-state index >= 15 is 0 Å². The SMILES string of the molecule is CC[C@@H](COc1ccc(Oc2ccc(Cl)cc2)cc1)N(CC)CCCCNO.Cl. The van der Waals surface area contributed by atoms with Gasteiger partial charge in [0.05, 0.1) is 0 Å². The summed E-state index contributed by atoms with van der Waals surface area (Å²) in [6, 6.07) is 15.3. The quantitative estimate of drug-likeness (QED) is 0.303. The summed E-state index contributed by atoms with van der Waals surface area (Å²) in [5.74, 6) is 2.34. The molecule has 0 heterocycles. The third kappa shape index (κ3) is 9.24. The van der Waals surface area contributed by atoms with Gasteiger partial charge in [-0.2, -0.15) is 0 Å². The van der Waals surface area contributed by atoms with Gasteiger partial charge >= 0.3 is 0 Å². The molecule has 0 bridgehead atoms. The van der Waals surface area contributed by atoms with Gasteiger partial charge in [0.2, 0.25) is 0 Å². The van der Waals surface area contributed by atoms with E-state index in [0.29, 0.717) is 24.2 Å². The first-order valence-electron chi connectivity index (χ1n) is 9.93. The Morgan fingerprint density at radius 3 is 2.10 bits per heavy atom.